The van der Waals surface area contributed by atoms with E-state index in [1.165, 1.54) is 0 Å². The second kappa shape index (κ2) is 8.54. The van der Waals surface area contributed by atoms with Crippen LogP contribution in [0.2, 0.25) is 0 Å². The summed E-state index contributed by atoms with van der Waals surface area (Å²) in [4.78, 5) is 11.4. The van der Waals surface area contributed by atoms with E-state index < -0.39 is 0 Å². The molecule has 1 aromatic carbocycles. The minimum atomic E-state index is 0. The van der Waals surface area contributed by atoms with Gasteiger partial charge in [0.2, 0.25) is 0 Å². The number of methoxy groups -OCH3 is 2. The van der Waals surface area contributed by atoms with Crippen LogP contribution in [0.15, 0.2) is 42.7 Å². The van der Waals surface area contributed by atoms with Crippen LogP contribution < -0.4 is 31.0 Å². The molecule has 0 fully saturated rings. The van der Waals surface area contributed by atoms with Crippen molar-refractivity contribution < 1.29 is 35.8 Å². The summed E-state index contributed by atoms with van der Waals surface area (Å²) in [5.41, 5.74) is 1.89. The van der Waals surface area contributed by atoms with Gasteiger partial charge in [0.15, 0.2) is 36.2 Å². The van der Waals surface area contributed by atoms with Crippen molar-refractivity contribution in [3.8, 4) is 11.5 Å². The molecule has 0 unspecified atom stereocenters. The number of Topliss-reactive ketones (excluding diaryl/α,β-unsaturated/α-hetero) is 1. The third-order valence-electron chi connectivity index (χ3n) is 3.37. The van der Waals surface area contributed by atoms with E-state index in [9.17, 15) is 4.79 Å². The first-order valence-electron chi connectivity index (χ1n) is 6.85. The largest absolute Gasteiger partial charge is 1.00 e. The van der Waals surface area contributed by atoms with Crippen LogP contribution in [0, 0.1) is 0 Å². The molecule has 0 spiro atoms. The number of carbonyl (C=O) groups is 1. The number of rotatable bonds is 6. The summed E-state index contributed by atoms with van der Waals surface area (Å²) in [6.07, 6.45) is 4.70. The molecule has 5 heteroatoms. The molecule has 4 nitrogen and oxygen atoms in total. The number of nitrogens with zero attached hydrogens (tertiary/aromatic N) is 1. The van der Waals surface area contributed by atoms with Gasteiger partial charge >= 0.3 is 0 Å². The Hall–Kier alpha value is -1.88. The summed E-state index contributed by atoms with van der Waals surface area (Å²) in [6, 6.07) is 9.64. The minimum Gasteiger partial charge on any atom is -1.00 e. The van der Waals surface area contributed by atoms with E-state index in [0.717, 1.165) is 35.6 Å². The Kier molecular flexibility index (Phi) is 7.05. The number of carbonyl (C=O) groups excluding carboxylic acids is 1. The van der Waals surface area contributed by atoms with E-state index in [-0.39, 0.29) is 22.8 Å². The van der Waals surface area contributed by atoms with Gasteiger partial charge in [0.25, 0.3) is 0 Å². The highest BCUT2D eigenvalue weighted by Gasteiger charge is 2.09. The summed E-state index contributed by atoms with van der Waals surface area (Å²) >= 11 is 0. The molecular weight excluding hydrogens is 346 g/mol. The van der Waals surface area contributed by atoms with Crippen molar-refractivity contribution in [1.29, 1.82) is 0 Å². The zero-order valence-electron chi connectivity index (χ0n) is 13.0. The van der Waals surface area contributed by atoms with E-state index in [0.29, 0.717) is 0 Å². The number of hydrogen-bond acceptors (Lipinski definition) is 3. The molecule has 0 N–H and O–H groups in total. The Morgan fingerprint density at radius 2 is 1.86 bits per heavy atom. The van der Waals surface area contributed by atoms with Gasteiger partial charge in [-0.05, 0) is 30.7 Å². The SMILES string of the molecule is COc1ccc(CC[n+]2cccc(C(C)=O)c2)cc1OC.[Br-]. The van der Waals surface area contributed by atoms with Crippen LogP contribution in [0.5, 0.6) is 11.5 Å². The van der Waals surface area contributed by atoms with Gasteiger partial charge in [0, 0.05) is 12.5 Å². The normalized spacial score (nSPS) is 9.77. The fourth-order valence-corrected chi connectivity index (χ4v) is 2.16. The molecule has 0 bridgehead atoms. The van der Waals surface area contributed by atoms with Gasteiger partial charge in [-0.2, -0.15) is 0 Å². The third-order valence-corrected chi connectivity index (χ3v) is 3.37. The topological polar surface area (TPSA) is 39.4 Å². The Morgan fingerprint density at radius 1 is 1.14 bits per heavy atom. The van der Waals surface area contributed by atoms with Gasteiger partial charge in [0.05, 0.1) is 19.8 Å². The molecule has 1 aromatic heterocycles. The van der Waals surface area contributed by atoms with E-state index in [1.54, 1.807) is 21.1 Å². The maximum Gasteiger partial charge on any atom is 0.179 e. The van der Waals surface area contributed by atoms with Crippen molar-refractivity contribution in [2.24, 2.45) is 0 Å². The zero-order chi connectivity index (χ0) is 15.2. The van der Waals surface area contributed by atoms with Crippen LogP contribution in [0.1, 0.15) is 22.8 Å². The van der Waals surface area contributed by atoms with Crippen LogP contribution in [0.4, 0.5) is 0 Å². The highest BCUT2D eigenvalue weighted by atomic mass is 79.9. The van der Waals surface area contributed by atoms with Crippen molar-refractivity contribution in [2.45, 2.75) is 19.9 Å². The van der Waals surface area contributed by atoms with Gasteiger partial charge in [-0.1, -0.05) is 6.07 Å². The number of aryl methyl sites for hydroxylation is 2. The predicted octanol–water partition coefficient (Wildman–Crippen LogP) is -0.559. The van der Waals surface area contributed by atoms with Gasteiger partial charge in [-0.3, -0.25) is 4.79 Å². The Labute approximate surface area is 141 Å². The van der Waals surface area contributed by atoms with Gasteiger partial charge in [0.1, 0.15) is 0 Å². The van der Waals surface area contributed by atoms with Crippen molar-refractivity contribution in [3.63, 3.8) is 0 Å². The average molecular weight is 366 g/mol. The lowest BCUT2D eigenvalue weighted by Gasteiger charge is -2.08. The van der Waals surface area contributed by atoms with Gasteiger partial charge < -0.3 is 26.5 Å². The highest BCUT2D eigenvalue weighted by Crippen LogP contribution is 2.27. The molecule has 2 aromatic rings. The molecule has 118 valence electrons. The third kappa shape index (κ3) is 4.56. The van der Waals surface area contributed by atoms with Crippen LogP contribution in [0.3, 0.4) is 0 Å². The van der Waals surface area contributed by atoms with Crippen LogP contribution in [0.25, 0.3) is 0 Å². The van der Waals surface area contributed by atoms with Crippen molar-refractivity contribution >= 4 is 5.78 Å². The van der Waals surface area contributed by atoms with Crippen LogP contribution in [-0.2, 0) is 13.0 Å². The summed E-state index contributed by atoms with van der Waals surface area (Å²) in [5.74, 6) is 1.54. The molecule has 0 atom stereocenters. The molecule has 0 saturated carbocycles. The number of ketones is 1. The van der Waals surface area contributed by atoms with Crippen LogP contribution >= 0.6 is 0 Å². The minimum absolute atomic E-state index is 0. The maximum atomic E-state index is 11.4. The molecule has 0 amide bonds. The first-order chi connectivity index (χ1) is 10.1. The second-order valence-corrected chi connectivity index (χ2v) is 4.83. The fourth-order valence-electron chi connectivity index (χ4n) is 2.16. The molecule has 22 heavy (non-hydrogen) atoms. The summed E-state index contributed by atoms with van der Waals surface area (Å²) in [7, 11) is 3.26. The van der Waals surface area contributed by atoms with E-state index >= 15 is 0 Å². The fraction of sp³-hybridized carbons (Fsp3) is 0.294. The number of benzene rings is 1. The quantitative estimate of drug-likeness (QED) is 0.509. The standard InChI is InChI=1S/C17H20NO3.BrH/c1-13(19)15-5-4-9-18(12-15)10-8-14-6-7-16(20-2)17(11-14)21-3;/h4-7,9,11-12H,8,10H2,1-3H3;1H/q+1;/p-1. The summed E-state index contributed by atoms with van der Waals surface area (Å²) in [5, 5.41) is 0. The number of hydrogen-bond donors (Lipinski definition) is 0. The first kappa shape index (κ1) is 18.2. The van der Waals surface area contributed by atoms with Gasteiger partial charge in [-0.15, -0.1) is 0 Å². The van der Waals surface area contributed by atoms with Crippen LogP contribution in [-0.4, -0.2) is 20.0 Å². The van der Waals surface area contributed by atoms with Crippen molar-refractivity contribution in [3.05, 3.63) is 53.9 Å². The molecule has 0 saturated heterocycles. The maximum absolute atomic E-state index is 11.4. The monoisotopic (exact) mass is 365 g/mol. The lowest BCUT2D eigenvalue weighted by molar-refractivity contribution is -0.696. The number of aromatic nitrogens is 1. The lowest BCUT2D eigenvalue weighted by Crippen LogP contribution is -3.00. The van der Waals surface area contributed by atoms with E-state index in [2.05, 4.69) is 0 Å². The molecule has 0 radical (unpaired) electrons. The van der Waals surface area contributed by atoms with Gasteiger partial charge in [-0.25, -0.2) is 4.57 Å². The molecule has 1 heterocycles. The Morgan fingerprint density at radius 3 is 2.50 bits per heavy atom. The predicted molar refractivity (Wildman–Crippen MR) is 79.9 cm³/mol. The molecule has 0 aliphatic heterocycles. The summed E-state index contributed by atoms with van der Waals surface area (Å²) in [6.45, 7) is 2.38. The summed E-state index contributed by atoms with van der Waals surface area (Å²) < 4.78 is 12.6. The Bertz CT molecular complexity index is 644. The molecule has 2 rings (SSSR count). The lowest BCUT2D eigenvalue weighted by atomic mass is 10.1. The first-order valence-corrected chi connectivity index (χ1v) is 6.85. The molecule has 0 aliphatic rings. The second-order valence-electron chi connectivity index (χ2n) is 4.83. The number of halogens is 1. The van der Waals surface area contributed by atoms with E-state index in [4.69, 9.17) is 9.47 Å². The molecular formula is C17H20BrNO3. The zero-order valence-corrected chi connectivity index (χ0v) is 14.6. The number of pyridine rings is 1. The number of ether oxygens (including phenoxy) is 2. The average Bonchev–Trinajstić information content (AvgIpc) is 2.52. The van der Waals surface area contributed by atoms with E-state index in [1.807, 2.05) is 47.3 Å². The van der Waals surface area contributed by atoms with Crippen molar-refractivity contribution in [1.82, 2.24) is 0 Å². The smallest absolute Gasteiger partial charge is 0.179 e. The Balaban J connectivity index is 0.00000242. The highest BCUT2D eigenvalue weighted by molar-refractivity contribution is 5.93. The molecule has 0 aliphatic carbocycles. The van der Waals surface area contributed by atoms with Crippen molar-refractivity contribution in [2.75, 3.05) is 14.2 Å².